The minimum absolute atomic E-state index is 0.223. The van der Waals surface area contributed by atoms with Gasteiger partial charge in [-0.25, -0.2) is 14.4 Å². The van der Waals surface area contributed by atoms with E-state index in [4.69, 9.17) is 11.7 Å². The maximum atomic E-state index is 14.0. The first kappa shape index (κ1) is 22.8. The number of aryl methyl sites for hydroxylation is 1. The van der Waals surface area contributed by atoms with Gasteiger partial charge < -0.3 is 0 Å². The number of nitriles is 1. The first-order chi connectivity index (χ1) is 17.4. The molecule has 0 radical (unpaired) electrons. The summed E-state index contributed by atoms with van der Waals surface area (Å²) < 4.78 is 14.0. The van der Waals surface area contributed by atoms with Crippen LogP contribution in [-0.4, -0.2) is 25.8 Å². The molecular weight excluding hydrogens is 475 g/mol. The van der Waals surface area contributed by atoms with Crippen LogP contribution in [0.2, 0.25) is 0 Å². The molecule has 2 aromatic carbocycles. The highest BCUT2D eigenvalue weighted by atomic mass is 32.1. The number of anilines is 1. The number of hydrogen-bond acceptors (Lipinski definition) is 7. The van der Waals surface area contributed by atoms with Crippen LogP contribution in [0.3, 0.4) is 0 Å². The molecule has 3 aromatic heterocycles. The predicted molar refractivity (Wildman–Crippen MR) is 136 cm³/mol. The average molecular weight is 491 g/mol. The zero-order valence-electron chi connectivity index (χ0n) is 18.8. The molecule has 3 heterocycles. The Bertz CT molecular complexity index is 1730. The number of aromatic nitrogens is 4. The maximum absolute atomic E-state index is 14.0. The molecule has 0 fully saturated rings. The van der Waals surface area contributed by atoms with Gasteiger partial charge in [-0.2, -0.15) is 10.2 Å². The van der Waals surface area contributed by atoms with E-state index in [1.807, 2.05) is 0 Å². The number of thiazole rings is 1. The second-order valence-electron chi connectivity index (χ2n) is 7.75. The van der Waals surface area contributed by atoms with Crippen LogP contribution in [0.4, 0.5) is 9.52 Å². The van der Waals surface area contributed by atoms with E-state index < -0.39 is 11.7 Å². The Labute approximate surface area is 209 Å². The highest BCUT2D eigenvalue weighted by Crippen LogP contribution is 2.30. The quantitative estimate of drug-likeness (QED) is 0.340. The third-order valence-electron chi connectivity index (χ3n) is 5.37. The number of nitrogens with zero attached hydrogens (tertiary/aromatic N) is 5. The van der Waals surface area contributed by atoms with E-state index in [9.17, 15) is 9.18 Å². The Balaban J connectivity index is 1.47. The molecule has 36 heavy (non-hydrogen) atoms. The molecule has 0 spiro atoms. The van der Waals surface area contributed by atoms with Crippen molar-refractivity contribution in [2.45, 2.75) is 6.92 Å². The Kier molecular flexibility index (Phi) is 5.91. The largest absolute Gasteiger partial charge is 0.298 e. The topological polar surface area (TPSA) is 104 Å². The number of nitrogens with one attached hydrogen (secondary N) is 1. The summed E-state index contributed by atoms with van der Waals surface area (Å²) in [5.41, 5.74) is 4.57. The number of benzene rings is 2. The molecule has 0 aliphatic heterocycles. The van der Waals surface area contributed by atoms with E-state index in [1.54, 1.807) is 43.5 Å². The van der Waals surface area contributed by atoms with Gasteiger partial charge in [-0.15, -0.1) is 6.42 Å². The first-order valence-electron chi connectivity index (χ1n) is 10.6. The SMILES string of the molecule is C#Cc1ccc(F)cc1-c1cc(C)ncc1C(=O)Nc1nc2ncc(-c3ccc(C#N)cc3)nc2s1. The molecule has 5 aromatic rings. The third kappa shape index (κ3) is 4.39. The maximum Gasteiger partial charge on any atom is 0.259 e. The molecule has 0 atom stereocenters. The molecule has 0 saturated heterocycles. The van der Waals surface area contributed by atoms with Gasteiger partial charge in [0.25, 0.3) is 5.91 Å². The lowest BCUT2D eigenvalue weighted by molar-refractivity contribution is 0.102. The monoisotopic (exact) mass is 490 g/mol. The second kappa shape index (κ2) is 9.34. The Morgan fingerprint density at radius 3 is 2.61 bits per heavy atom. The summed E-state index contributed by atoms with van der Waals surface area (Å²) in [6, 6.07) is 14.8. The molecule has 0 saturated carbocycles. The zero-order valence-corrected chi connectivity index (χ0v) is 19.6. The fourth-order valence-electron chi connectivity index (χ4n) is 3.62. The minimum Gasteiger partial charge on any atom is -0.298 e. The Morgan fingerprint density at radius 1 is 1.06 bits per heavy atom. The average Bonchev–Trinajstić information content (AvgIpc) is 3.30. The number of amides is 1. The molecule has 0 aliphatic rings. The van der Waals surface area contributed by atoms with Crippen LogP contribution in [-0.2, 0) is 0 Å². The van der Waals surface area contributed by atoms with E-state index in [2.05, 4.69) is 37.2 Å². The van der Waals surface area contributed by atoms with E-state index >= 15 is 0 Å². The van der Waals surface area contributed by atoms with E-state index in [1.165, 1.54) is 35.7 Å². The molecule has 0 aliphatic carbocycles. The van der Waals surface area contributed by atoms with Crippen molar-refractivity contribution in [2.75, 3.05) is 5.32 Å². The predicted octanol–water partition coefficient (Wildman–Crippen LogP) is 5.37. The van der Waals surface area contributed by atoms with Gasteiger partial charge in [0.05, 0.1) is 29.1 Å². The van der Waals surface area contributed by atoms with Crippen LogP contribution >= 0.6 is 11.3 Å². The van der Waals surface area contributed by atoms with Crippen LogP contribution < -0.4 is 5.32 Å². The molecule has 7 nitrogen and oxygen atoms in total. The number of pyridine rings is 1. The number of terminal acetylenes is 1. The molecule has 1 N–H and O–H groups in total. The smallest absolute Gasteiger partial charge is 0.259 e. The first-order valence-corrected chi connectivity index (χ1v) is 11.5. The van der Waals surface area contributed by atoms with Gasteiger partial charge in [-0.3, -0.25) is 15.1 Å². The minimum atomic E-state index is -0.476. The summed E-state index contributed by atoms with van der Waals surface area (Å²) >= 11 is 1.17. The zero-order chi connectivity index (χ0) is 25.2. The fraction of sp³-hybridized carbons (Fsp3) is 0.0370. The van der Waals surface area contributed by atoms with Gasteiger partial charge in [0.2, 0.25) is 0 Å². The summed E-state index contributed by atoms with van der Waals surface area (Å²) in [6.45, 7) is 1.77. The van der Waals surface area contributed by atoms with Crippen molar-refractivity contribution < 1.29 is 9.18 Å². The van der Waals surface area contributed by atoms with Gasteiger partial charge in [-0.05, 0) is 48.9 Å². The molecule has 0 bridgehead atoms. The Hall–Kier alpha value is -4.99. The van der Waals surface area contributed by atoms with Crippen LogP contribution in [0.5, 0.6) is 0 Å². The summed E-state index contributed by atoms with van der Waals surface area (Å²) in [7, 11) is 0. The van der Waals surface area contributed by atoms with E-state index in [0.29, 0.717) is 49.3 Å². The van der Waals surface area contributed by atoms with Crippen molar-refractivity contribution in [2.24, 2.45) is 0 Å². The van der Waals surface area contributed by atoms with Crippen LogP contribution in [0, 0.1) is 36.4 Å². The summed E-state index contributed by atoms with van der Waals surface area (Å²) in [5.74, 6) is 1.60. The second-order valence-corrected chi connectivity index (χ2v) is 8.73. The summed E-state index contributed by atoms with van der Waals surface area (Å²) in [6.07, 6.45) is 8.63. The lowest BCUT2D eigenvalue weighted by atomic mass is 9.95. The van der Waals surface area contributed by atoms with Gasteiger partial charge in [0.1, 0.15) is 5.82 Å². The molecule has 1 amide bonds. The van der Waals surface area contributed by atoms with Gasteiger partial charge >= 0.3 is 0 Å². The number of carbonyl (C=O) groups is 1. The highest BCUT2D eigenvalue weighted by Gasteiger charge is 2.19. The number of halogens is 1. The van der Waals surface area contributed by atoms with Crippen molar-refractivity contribution in [1.29, 1.82) is 5.26 Å². The standard InChI is InChI=1S/C27H15FN6OS/c1-3-17-8-9-19(28)11-20(17)21-10-15(2)30-13-22(21)25(35)34-27-33-24-26(36-27)32-23(14-31-24)18-6-4-16(12-29)5-7-18/h1,4-11,13-14H,2H3,(H,31,33,34,35). The number of hydrogen-bond donors (Lipinski definition) is 1. The molecule has 172 valence electrons. The van der Waals surface area contributed by atoms with Crippen molar-refractivity contribution in [3.63, 3.8) is 0 Å². The highest BCUT2D eigenvalue weighted by molar-refractivity contribution is 7.21. The number of fused-ring (bicyclic) bond motifs is 1. The van der Waals surface area contributed by atoms with Gasteiger partial charge in [-0.1, -0.05) is 29.4 Å². The molecule has 0 unspecified atom stereocenters. The molecule has 9 heteroatoms. The summed E-state index contributed by atoms with van der Waals surface area (Å²) in [5, 5.41) is 12.1. The van der Waals surface area contributed by atoms with Crippen molar-refractivity contribution >= 4 is 32.9 Å². The van der Waals surface area contributed by atoms with Gasteiger partial charge in [0, 0.05) is 28.6 Å². The normalized spacial score (nSPS) is 10.6. The van der Waals surface area contributed by atoms with Gasteiger partial charge in [0.15, 0.2) is 15.6 Å². The third-order valence-corrected chi connectivity index (χ3v) is 6.22. The van der Waals surface area contributed by atoms with Crippen molar-refractivity contribution in [3.8, 4) is 40.8 Å². The number of carbonyl (C=O) groups excluding carboxylic acids is 1. The molecule has 5 rings (SSSR count). The Morgan fingerprint density at radius 2 is 1.86 bits per heavy atom. The van der Waals surface area contributed by atoms with Crippen LogP contribution in [0.1, 0.15) is 27.2 Å². The number of rotatable bonds is 4. The van der Waals surface area contributed by atoms with Crippen molar-refractivity contribution in [1.82, 2.24) is 19.9 Å². The fourth-order valence-corrected chi connectivity index (χ4v) is 4.42. The van der Waals surface area contributed by atoms with Crippen molar-refractivity contribution in [3.05, 3.63) is 89.1 Å². The van der Waals surface area contributed by atoms with Crippen LogP contribution in [0.15, 0.2) is 60.9 Å². The van der Waals surface area contributed by atoms with E-state index in [0.717, 1.165) is 5.56 Å². The lowest BCUT2D eigenvalue weighted by Crippen LogP contribution is -2.14. The summed E-state index contributed by atoms with van der Waals surface area (Å²) in [4.78, 5) is 31.3. The molecular formula is C27H15FN6OS. The lowest BCUT2D eigenvalue weighted by Gasteiger charge is -2.12. The van der Waals surface area contributed by atoms with Crippen LogP contribution in [0.25, 0.3) is 32.9 Å². The van der Waals surface area contributed by atoms with E-state index in [-0.39, 0.29) is 5.56 Å².